The number of rotatable bonds is 3. The van der Waals surface area contributed by atoms with Crippen molar-refractivity contribution in [1.29, 1.82) is 5.26 Å². The van der Waals surface area contributed by atoms with E-state index < -0.39 is 47.4 Å². The molecule has 1 heterocycles. The molecule has 1 amide bonds. The zero-order chi connectivity index (χ0) is 20.6. The fourth-order valence-electron chi connectivity index (χ4n) is 3.05. The number of hydroxylamine groups is 2. The van der Waals surface area contributed by atoms with Gasteiger partial charge in [-0.25, -0.2) is 5.06 Å². The lowest BCUT2D eigenvalue weighted by atomic mass is 9.88. The van der Waals surface area contributed by atoms with Crippen LogP contribution >= 0.6 is 0 Å². The van der Waals surface area contributed by atoms with Crippen LogP contribution in [0.1, 0.15) is 29.0 Å². The predicted molar refractivity (Wildman–Crippen MR) is 80.1 cm³/mol. The molecule has 0 aromatic heterocycles. The minimum atomic E-state index is -4.90. The molecule has 0 spiro atoms. The molecule has 0 bridgehead atoms. The Morgan fingerprint density at radius 1 is 1.30 bits per heavy atom. The first-order chi connectivity index (χ1) is 12.4. The van der Waals surface area contributed by atoms with Gasteiger partial charge < -0.3 is 0 Å². The van der Waals surface area contributed by atoms with Crippen LogP contribution in [0.4, 0.5) is 26.3 Å². The van der Waals surface area contributed by atoms with Crippen LogP contribution in [0.15, 0.2) is 18.2 Å². The van der Waals surface area contributed by atoms with Crippen molar-refractivity contribution in [3.63, 3.8) is 0 Å². The fraction of sp³-hybridized carbons (Fsp3) is 0.500. The van der Waals surface area contributed by atoms with E-state index in [0.29, 0.717) is 6.07 Å². The van der Waals surface area contributed by atoms with Crippen molar-refractivity contribution in [3.8, 4) is 6.07 Å². The molecule has 11 heteroatoms. The smallest absolute Gasteiger partial charge is 0.294 e. The summed E-state index contributed by atoms with van der Waals surface area (Å²) in [6.45, 7) is 0. The van der Waals surface area contributed by atoms with Gasteiger partial charge in [-0.05, 0) is 24.1 Å². The zero-order valence-electron chi connectivity index (χ0n) is 14.1. The fourth-order valence-corrected chi connectivity index (χ4v) is 3.05. The lowest BCUT2D eigenvalue weighted by Gasteiger charge is -2.23. The lowest BCUT2D eigenvalue weighted by molar-refractivity contribution is -0.172. The van der Waals surface area contributed by atoms with Crippen LogP contribution in [-0.4, -0.2) is 43.4 Å². The molecule has 1 aliphatic heterocycles. The minimum absolute atomic E-state index is 0.258. The van der Waals surface area contributed by atoms with Gasteiger partial charge in [0.25, 0.3) is 5.91 Å². The first-order valence-electron chi connectivity index (χ1n) is 7.65. The van der Waals surface area contributed by atoms with Crippen molar-refractivity contribution >= 4 is 5.91 Å². The Balaban J connectivity index is 2.45. The first-order valence-corrected chi connectivity index (χ1v) is 7.65. The molecule has 5 nitrogen and oxygen atoms in total. The molecule has 0 aliphatic carbocycles. The maximum atomic E-state index is 13.4. The molecular formula is C16H15F6N3O2. The lowest BCUT2D eigenvalue weighted by Crippen LogP contribution is -2.48. The van der Waals surface area contributed by atoms with Gasteiger partial charge in [-0.3, -0.25) is 14.9 Å². The van der Waals surface area contributed by atoms with Crippen LogP contribution in [0, 0.1) is 11.3 Å². The number of nitriles is 1. The first kappa shape index (κ1) is 21.0. The minimum Gasteiger partial charge on any atom is -0.294 e. The highest BCUT2D eigenvalue weighted by molar-refractivity contribution is 5.81. The Hall–Kier alpha value is -2.32. The highest BCUT2D eigenvalue weighted by Crippen LogP contribution is 2.42. The Bertz CT molecular complexity index is 756. The molecule has 0 radical (unpaired) electrons. The second kappa shape index (κ2) is 7.36. The highest BCUT2D eigenvalue weighted by Gasteiger charge is 2.52. The average molecular weight is 395 g/mol. The van der Waals surface area contributed by atoms with Gasteiger partial charge in [-0.15, -0.1) is 0 Å². The third-order valence-electron chi connectivity index (χ3n) is 4.41. The maximum absolute atomic E-state index is 13.4. The summed E-state index contributed by atoms with van der Waals surface area (Å²) in [5, 5.41) is 11.7. The molecule has 1 aliphatic rings. The van der Waals surface area contributed by atoms with Crippen molar-refractivity contribution < 1.29 is 36.0 Å². The summed E-state index contributed by atoms with van der Waals surface area (Å²) in [6, 6.07) is 0.299. The van der Waals surface area contributed by atoms with E-state index in [9.17, 15) is 31.1 Å². The summed E-state index contributed by atoms with van der Waals surface area (Å²) < 4.78 is 79.6. The van der Waals surface area contributed by atoms with E-state index in [1.54, 1.807) is 0 Å². The largest absolute Gasteiger partial charge is 0.417 e. The number of hydrogen-bond acceptors (Lipinski definition) is 4. The van der Waals surface area contributed by atoms with Crippen molar-refractivity contribution in [2.24, 2.45) is 0 Å². The zero-order valence-corrected chi connectivity index (χ0v) is 14.1. The van der Waals surface area contributed by atoms with E-state index in [0.717, 1.165) is 24.3 Å². The number of carbonyl (C=O) groups excluding carboxylic acids is 1. The molecule has 27 heavy (non-hydrogen) atoms. The summed E-state index contributed by atoms with van der Waals surface area (Å²) in [7, 11) is 2.37. The summed E-state index contributed by atoms with van der Waals surface area (Å²) >= 11 is 0. The van der Waals surface area contributed by atoms with Gasteiger partial charge in [0.15, 0.2) is 0 Å². The number of halogens is 6. The Morgan fingerprint density at radius 2 is 1.93 bits per heavy atom. The molecule has 1 N–H and O–H groups in total. The van der Waals surface area contributed by atoms with E-state index in [1.165, 1.54) is 13.1 Å². The van der Waals surface area contributed by atoms with Crippen LogP contribution in [0.5, 0.6) is 0 Å². The number of nitrogens with zero attached hydrogens (tertiary/aromatic N) is 2. The predicted octanol–water partition coefficient (Wildman–Crippen LogP) is 2.97. The normalized spacial score (nSPS) is 23.1. The van der Waals surface area contributed by atoms with E-state index in [2.05, 4.69) is 10.2 Å². The van der Waals surface area contributed by atoms with Crippen LogP contribution < -0.4 is 5.32 Å². The van der Waals surface area contributed by atoms with Crippen molar-refractivity contribution in [2.75, 3.05) is 14.2 Å². The van der Waals surface area contributed by atoms with Gasteiger partial charge >= 0.3 is 12.4 Å². The highest BCUT2D eigenvalue weighted by atomic mass is 19.4. The van der Waals surface area contributed by atoms with Crippen LogP contribution in [0.3, 0.4) is 0 Å². The van der Waals surface area contributed by atoms with E-state index in [4.69, 9.17) is 5.26 Å². The summed E-state index contributed by atoms with van der Waals surface area (Å²) in [6.07, 6.45) is -10.1. The van der Waals surface area contributed by atoms with E-state index >= 15 is 0 Å². The maximum Gasteiger partial charge on any atom is 0.417 e. The van der Waals surface area contributed by atoms with Crippen LogP contribution in [0.2, 0.25) is 0 Å². The molecule has 3 atom stereocenters. The Labute approximate surface area is 150 Å². The monoisotopic (exact) mass is 395 g/mol. The number of carbonyl (C=O) groups is 1. The SMILES string of the molecule is CON(C)C(=O)[C@@H]1CC(c2ccc(C#N)c(C(F)(F)F)c2)[C@H](C(F)(F)F)N1. The number of benzene rings is 1. The van der Waals surface area contributed by atoms with Crippen molar-refractivity contribution in [2.45, 2.75) is 36.8 Å². The summed E-state index contributed by atoms with van der Waals surface area (Å²) in [4.78, 5) is 16.8. The quantitative estimate of drug-likeness (QED) is 0.631. The number of likely N-dealkylation sites (N-methyl/N-ethyl adjacent to an activating group) is 1. The number of hydrogen-bond donors (Lipinski definition) is 1. The van der Waals surface area contributed by atoms with E-state index in [1.807, 2.05) is 0 Å². The van der Waals surface area contributed by atoms with Gasteiger partial charge in [0.1, 0.15) is 6.04 Å². The Morgan fingerprint density at radius 3 is 2.41 bits per heavy atom. The molecule has 2 rings (SSSR count). The number of alkyl halides is 6. The van der Waals surface area contributed by atoms with Gasteiger partial charge in [0, 0.05) is 13.0 Å². The molecule has 1 saturated heterocycles. The molecule has 148 valence electrons. The Kier molecular flexibility index (Phi) is 5.72. The molecular weight excluding hydrogens is 380 g/mol. The molecule has 1 fully saturated rings. The topological polar surface area (TPSA) is 65.4 Å². The van der Waals surface area contributed by atoms with Gasteiger partial charge in [-0.2, -0.15) is 31.6 Å². The second-order valence-electron chi connectivity index (χ2n) is 6.01. The van der Waals surface area contributed by atoms with Crippen LogP contribution in [-0.2, 0) is 15.8 Å². The van der Waals surface area contributed by atoms with Crippen LogP contribution in [0.25, 0.3) is 0 Å². The molecule has 0 saturated carbocycles. The number of amides is 1. The molecule has 1 aromatic rings. The molecule has 1 unspecified atom stereocenters. The summed E-state index contributed by atoms with van der Waals surface area (Å²) in [5.41, 5.74) is -2.26. The summed E-state index contributed by atoms with van der Waals surface area (Å²) in [5.74, 6) is -2.21. The third kappa shape index (κ3) is 4.33. The van der Waals surface area contributed by atoms with Gasteiger partial charge in [0.2, 0.25) is 0 Å². The number of nitrogens with one attached hydrogen (secondary N) is 1. The second-order valence-corrected chi connectivity index (χ2v) is 6.01. The van der Waals surface area contributed by atoms with E-state index in [-0.39, 0.29) is 12.0 Å². The van der Waals surface area contributed by atoms with Gasteiger partial charge in [0.05, 0.1) is 30.3 Å². The van der Waals surface area contributed by atoms with Gasteiger partial charge in [-0.1, -0.05) is 6.07 Å². The third-order valence-corrected chi connectivity index (χ3v) is 4.41. The molecule has 1 aromatic carbocycles. The van der Waals surface area contributed by atoms with Crippen molar-refractivity contribution in [1.82, 2.24) is 10.4 Å². The van der Waals surface area contributed by atoms with Crippen molar-refractivity contribution in [3.05, 3.63) is 34.9 Å². The standard InChI is InChI=1S/C16H15F6N3O2/c1-25(27-2)14(26)12-6-10(13(24-12)16(20,21)22)8-3-4-9(7-23)11(5-8)15(17,18)19/h3-5,10,12-13,24H,6H2,1-2H3/t10?,12-,13+/m0/s1. The average Bonchev–Trinajstić information content (AvgIpc) is 3.04.